The van der Waals surface area contributed by atoms with E-state index in [-0.39, 0.29) is 12.6 Å². The van der Waals surface area contributed by atoms with Gasteiger partial charge in [0.2, 0.25) is 0 Å². The highest BCUT2D eigenvalue weighted by molar-refractivity contribution is 6.30. The molecule has 0 saturated heterocycles. The lowest BCUT2D eigenvalue weighted by molar-refractivity contribution is -0.141. The van der Waals surface area contributed by atoms with E-state index in [4.69, 9.17) is 21.1 Å². The topological polar surface area (TPSA) is 106 Å². The van der Waals surface area contributed by atoms with Crippen LogP contribution in [0, 0.1) is 0 Å². The number of hydrogen-bond donors (Lipinski definition) is 1. The van der Waals surface area contributed by atoms with Gasteiger partial charge in [-0.3, -0.25) is 4.98 Å². The van der Waals surface area contributed by atoms with Gasteiger partial charge >= 0.3 is 12.2 Å². The molecule has 37 heavy (non-hydrogen) atoms. The van der Waals surface area contributed by atoms with Gasteiger partial charge in [0.05, 0.1) is 13.3 Å². The van der Waals surface area contributed by atoms with E-state index < -0.39 is 11.9 Å². The summed E-state index contributed by atoms with van der Waals surface area (Å²) in [6.45, 7) is 2.25. The number of benzene rings is 1. The summed E-state index contributed by atoms with van der Waals surface area (Å²) < 4.78 is 43.4. The second-order valence-electron chi connectivity index (χ2n) is 7.46. The number of hydrogen-bond acceptors (Lipinski definition) is 9. The van der Waals surface area contributed by atoms with Gasteiger partial charge in [-0.05, 0) is 29.3 Å². The molecule has 9 nitrogen and oxygen atoms in total. The number of rotatable bonds is 7. The fourth-order valence-corrected chi connectivity index (χ4v) is 3.46. The minimum absolute atomic E-state index is 0.213. The Morgan fingerprint density at radius 2 is 1.65 bits per heavy atom. The van der Waals surface area contributed by atoms with Crippen LogP contribution in [0.5, 0.6) is 6.01 Å². The first-order chi connectivity index (χ1) is 17.7. The van der Waals surface area contributed by atoms with Crippen molar-refractivity contribution in [2.45, 2.75) is 12.7 Å². The number of methoxy groups -OCH3 is 1. The highest BCUT2D eigenvalue weighted by atomic mass is 35.5. The average Bonchev–Trinajstić information content (AvgIpc) is 2.90. The summed E-state index contributed by atoms with van der Waals surface area (Å²) in [5, 5.41) is 10.6. The van der Waals surface area contributed by atoms with Gasteiger partial charge in [-0.25, -0.2) is 15.0 Å². The monoisotopic (exact) mass is 531 g/mol. The molecule has 0 spiro atoms. The number of nitrogens with zero attached hydrogens (tertiary/aromatic N) is 6. The zero-order valence-corrected chi connectivity index (χ0v) is 20.5. The molecule has 1 aromatic carbocycles. The third-order valence-corrected chi connectivity index (χ3v) is 5.19. The van der Waals surface area contributed by atoms with Crippen LogP contribution in [0.25, 0.3) is 22.3 Å². The quantitative estimate of drug-likeness (QED) is 0.331. The van der Waals surface area contributed by atoms with Gasteiger partial charge in [0, 0.05) is 53.9 Å². The molecular weight excluding hydrogens is 511 g/mol. The smallest absolute Gasteiger partial charge is 0.433 e. The highest BCUT2D eigenvalue weighted by Crippen LogP contribution is 2.36. The number of anilines is 1. The molecule has 3 heterocycles. The third-order valence-electron chi connectivity index (χ3n) is 4.94. The lowest BCUT2D eigenvalue weighted by Crippen LogP contribution is -2.26. The number of carbonyl (C=O) groups excluding carboxylic acids is 1. The first kappa shape index (κ1) is 27.4. The SMILES string of the molecule is C=O.COc1ncc(-c2c(-c3ccc(Cl)cc3)cnnc2NN(C)Cc2ccc(C(F)(F)F)nc2)cn1. The molecule has 0 saturated carbocycles. The first-order valence-electron chi connectivity index (χ1n) is 10.5. The zero-order valence-electron chi connectivity index (χ0n) is 19.7. The number of nitrogens with one attached hydrogen (secondary N) is 1. The Bertz CT molecular complexity index is 1310. The molecule has 0 aliphatic rings. The summed E-state index contributed by atoms with van der Waals surface area (Å²) in [6, 6.07) is 9.78. The number of aromatic nitrogens is 5. The molecule has 0 aliphatic carbocycles. The molecule has 4 rings (SSSR count). The van der Waals surface area contributed by atoms with Gasteiger partial charge in [-0.2, -0.15) is 18.3 Å². The minimum atomic E-state index is -4.49. The molecule has 4 aromatic rings. The zero-order chi connectivity index (χ0) is 27.0. The average molecular weight is 532 g/mol. The first-order valence-corrected chi connectivity index (χ1v) is 10.9. The van der Waals surface area contributed by atoms with Gasteiger partial charge < -0.3 is 15.0 Å². The molecule has 0 aliphatic heterocycles. The Morgan fingerprint density at radius 1 is 0.973 bits per heavy atom. The van der Waals surface area contributed by atoms with Crippen LogP contribution in [-0.4, -0.2) is 51.1 Å². The maximum absolute atomic E-state index is 12.8. The standard InChI is InChI=1S/C23H19ClF3N7O.CH2O/c1-34(13-14-3-8-19(28-9-14)23(25,26)27)33-21-20(16-10-29-22(35-2)30-11-16)18(12-31-32-21)15-4-6-17(24)7-5-15;1-2/h3-12H,13H2,1-2H3,(H,32,33);1H2. The van der Waals surface area contributed by atoms with E-state index in [0.29, 0.717) is 27.5 Å². The van der Waals surface area contributed by atoms with E-state index in [9.17, 15) is 13.2 Å². The Labute approximate surface area is 215 Å². The van der Waals surface area contributed by atoms with Crippen molar-refractivity contribution in [2.75, 3.05) is 19.6 Å². The molecule has 192 valence electrons. The van der Waals surface area contributed by atoms with Crippen LogP contribution < -0.4 is 10.2 Å². The van der Waals surface area contributed by atoms with Crippen molar-refractivity contribution < 1.29 is 22.7 Å². The second-order valence-corrected chi connectivity index (χ2v) is 7.90. The van der Waals surface area contributed by atoms with Gasteiger partial charge in [0.1, 0.15) is 12.5 Å². The molecule has 0 atom stereocenters. The maximum Gasteiger partial charge on any atom is 0.433 e. The predicted octanol–water partition coefficient (Wildman–Crippen LogP) is 4.95. The van der Waals surface area contributed by atoms with E-state index >= 15 is 0 Å². The Balaban J connectivity index is 0.00000186. The van der Waals surface area contributed by atoms with Crippen molar-refractivity contribution in [3.05, 3.63) is 77.5 Å². The molecule has 1 N–H and O–H groups in total. The van der Waals surface area contributed by atoms with E-state index in [2.05, 4.69) is 30.6 Å². The number of alkyl halides is 3. The van der Waals surface area contributed by atoms with E-state index in [0.717, 1.165) is 17.2 Å². The lowest BCUT2D eigenvalue weighted by atomic mass is 9.98. The maximum atomic E-state index is 12.8. The summed E-state index contributed by atoms with van der Waals surface area (Å²) in [5.74, 6) is 0.397. The summed E-state index contributed by atoms with van der Waals surface area (Å²) in [7, 11) is 3.20. The predicted molar refractivity (Wildman–Crippen MR) is 132 cm³/mol. The van der Waals surface area contributed by atoms with Gasteiger partial charge in [0.25, 0.3) is 0 Å². The summed E-state index contributed by atoms with van der Waals surface area (Å²) in [6.07, 6.45) is 1.53. The molecule has 0 amide bonds. The largest absolute Gasteiger partial charge is 0.467 e. The summed E-state index contributed by atoms with van der Waals surface area (Å²) >= 11 is 6.05. The van der Waals surface area contributed by atoms with Gasteiger partial charge in [-0.1, -0.05) is 29.8 Å². The number of pyridine rings is 1. The molecule has 0 bridgehead atoms. The summed E-state index contributed by atoms with van der Waals surface area (Å²) in [5.41, 5.74) is 5.69. The molecule has 13 heteroatoms. The van der Waals surface area contributed by atoms with E-state index in [1.54, 1.807) is 42.8 Å². The minimum Gasteiger partial charge on any atom is -0.467 e. The van der Waals surface area contributed by atoms with Gasteiger partial charge in [-0.15, -0.1) is 5.10 Å². The number of carbonyl (C=O) groups is 1. The molecular formula is C24H21ClF3N7O2. The Kier molecular flexibility index (Phi) is 9.04. The van der Waals surface area contributed by atoms with Crippen LogP contribution in [0.1, 0.15) is 11.3 Å². The van der Waals surface area contributed by atoms with Crippen LogP contribution in [0.3, 0.4) is 0 Å². The van der Waals surface area contributed by atoms with Crippen molar-refractivity contribution in [3.8, 4) is 28.3 Å². The Morgan fingerprint density at radius 3 is 2.22 bits per heavy atom. The van der Waals surface area contributed by atoms with Crippen LogP contribution in [0.4, 0.5) is 19.0 Å². The molecule has 0 radical (unpaired) electrons. The van der Waals surface area contributed by atoms with Crippen molar-refractivity contribution in [1.29, 1.82) is 0 Å². The van der Waals surface area contributed by atoms with Crippen LogP contribution in [0.2, 0.25) is 5.02 Å². The van der Waals surface area contributed by atoms with Gasteiger partial charge in [0.15, 0.2) is 5.82 Å². The van der Waals surface area contributed by atoms with Crippen molar-refractivity contribution in [3.63, 3.8) is 0 Å². The van der Waals surface area contributed by atoms with Crippen LogP contribution in [0.15, 0.2) is 61.2 Å². The fourth-order valence-electron chi connectivity index (χ4n) is 3.34. The van der Waals surface area contributed by atoms with Crippen LogP contribution >= 0.6 is 11.6 Å². The van der Waals surface area contributed by atoms with E-state index in [1.807, 2.05) is 18.9 Å². The number of halogens is 4. The van der Waals surface area contributed by atoms with E-state index in [1.165, 1.54) is 19.4 Å². The Hall–Kier alpha value is -4.16. The summed E-state index contributed by atoms with van der Waals surface area (Å²) in [4.78, 5) is 19.9. The second kappa shape index (κ2) is 12.2. The normalized spacial score (nSPS) is 11.0. The van der Waals surface area contributed by atoms with Crippen molar-refractivity contribution in [2.24, 2.45) is 0 Å². The molecule has 0 unspecified atom stereocenters. The number of ether oxygens (including phenoxy) is 1. The molecule has 3 aromatic heterocycles. The third kappa shape index (κ3) is 6.96. The fraction of sp³-hybridized carbons (Fsp3) is 0.167. The lowest BCUT2D eigenvalue weighted by Gasteiger charge is -2.21. The molecule has 0 fully saturated rings. The highest BCUT2D eigenvalue weighted by Gasteiger charge is 2.32. The van der Waals surface area contributed by atoms with Crippen molar-refractivity contribution in [1.82, 2.24) is 30.2 Å². The number of hydrazine groups is 1. The van der Waals surface area contributed by atoms with Crippen molar-refractivity contribution >= 4 is 24.2 Å². The van der Waals surface area contributed by atoms with Crippen LogP contribution in [-0.2, 0) is 17.5 Å².